The molecule has 0 atom stereocenters. The highest BCUT2D eigenvalue weighted by molar-refractivity contribution is 8.18. The van der Waals surface area contributed by atoms with Crippen LogP contribution < -0.4 is 15.2 Å². The van der Waals surface area contributed by atoms with Crippen LogP contribution in [0.3, 0.4) is 0 Å². The molecule has 0 saturated carbocycles. The molecular formula is C20H24N2O7S. The lowest BCUT2D eigenvalue weighted by Crippen LogP contribution is -2.37. The number of esters is 1. The second-order valence-electron chi connectivity index (χ2n) is 7.25. The number of ether oxygens (including phenoxy) is 3. The van der Waals surface area contributed by atoms with Crippen LogP contribution in [0.5, 0.6) is 11.5 Å². The van der Waals surface area contributed by atoms with E-state index in [0.29, 0.717) is 23.7 Å². The molecule has 0 spiro atoms. The van der Waals surface area contributed by atoms with Gasteiger partial charge in [-0.3, -0.25) is 24.1 Å². The number of hydrogen-bond acceptors (Lipinski definition) is 8. The van der Waals surface area contributed by atoms with Gasteiger partial charge in [-0.05, 0) is 63.2 Å². The Morgan fingerprint density at radius 2 is 1.87 bits per heavy atom. The number of thioether (sulfide) groups is 1. The lowest BCUT2D eigenvalue weighted by molar-refractivity contribution is -0.156. The Balaban J connectivity index is 2.18. The topological polar surface area (TPSA) is 125 Å². The van der Waals surface area contributed by atoms with E-state index in [1.807, 2.05) is 0 Å². The van der Waals surface area contributed by atoms with Gasteiger partial charge in [-0.1, -0.05) is 6.07 Å². The van der Waals surface area contributed by atoms with Crippen molar-refractivity contribution >= 4 is 40.9 Å². The Hall–Kier alpha value is -3.01. The van der Waals surface area contributed by atoms with E-state index in [4.69, 9.17) is 19.9 Å². The predicted octanol–water partition coefficient (Wildman–Crippen LogP) is 2.33. The van der Waals surface area contributed by atoms with Crippen LogP contribution in [0.15, 0.2) is 23.1 Å². The third-order valence-electron chi connectivity index (χ3n) is 3.52. The molecule has 1 aromatic carbocycles. The van der Waals surface area contributed by atoms with Crippen LogP contribution in [-0.2, 0) is 19.1 Å². The van der Waals surface area contributed by atoms with Crippen molar-refractivity contribution in [3.05, 3.63) is 28.7 Å². The molecule has 1 saturated heterocycles. The van der Waals surface area contributed by atoms with Crippen molar-refractivity contribution in [3.8, 4) is 11.5 Å². The number of benzene rings is 1. The molecule has 0 unspecified atom stereocenters. The molecule has 10 heteroatoms. The molecule has 30 heavy (non-hydrogen) atoms. The van der Waals surface area contributed by atoms with Gasteiger partial charge < -0.3 is 19.9 Å². The number of primary amides is 1. The standard InChI is InChI=1S/C20H24N2O7S/c1-5-27-14-8-12(6-7-13(14)28-11-16(21)23)9-15-18(25)22(19(26)30-15)10-17(24)29-20(2,3)4/h6-9H,5,10-11H2,1-4H3,(H2,21,23)/b15-9-. The molecule has 1 aromatic rings. The number of carbonyl (C=O) groups is 4. The van der Waals surface area contributed by atoms with Crippen molar-refractivity contribution in [2.24, 2.45) is 5.73 Å². The molecule has 2 rings (SSSR count). The smallest absolute Gasteiger partial charge is 0.326 e. The van der Waals surface area contributed by atoms with Crippen molar-refractivity contribution in [2.75, 3.05) is 19.8 Å². The Morgan fingerprint density at radius 1 is 1.17 bits per heavy atom. The second-order valence-corrected chi connectivity index (χ2v) is 8.24. The van der Waals surface area contributed by atoms with Crippen molar-refractivity contribution < 1.29 is 33.4 Å². The number of rotatable bonds is 8. The fourth-order valence-electron chi connectivity index (χ4n) is 2.44. The molecular weight excluding hydrogens is 412 g/mol. The van der Waals surface area contributed by atoms with Gasteiger partial charge in [-0.15, -0.1) is 0 Å². The summed E-state index contributed by atoms with van der Waals surface area (Å²) in [6, 6.07) is 4.83. The Kier molecular flexibility index (Phi) is 7.49. The minimum Gasteiger partial charge on any atom is -0.490 e. The van der Waals surface area contributed by atoms with Crippen LogP contribution in [0, 0.1) is 0 Å². The van der Waals surface area contributed by atoms with E-state index in [-0.39, 0.29) is 11.5 Å². The predicted molar refractivity (Wildman–Crippen MR) is 111 cm³/mol. The maximum atomic E-state index is 12.6. The fraction of sp³-hybridized carbons (Fsp3) is 0.400. The van der Waals surface area contributed by atoms with E-state index in [9.17, 15) is 19.2 Å². The van der Waals surface area contributed by atoms with Gasteiger partial charge in [0.25, 0.3) is 17.1 Å². The summed E-state index contributed by atoms with van der Waals surface area (Å²) in [7, 11) is 0. The van der Waals surface area contributed by atoms with Gasteiger partial charge in [0, 0.05) is 0 Å². The molecule has 0 bridgehead atoms. The number of nitrogens with zero attached hydrogens (tertiary/aromatic N) is 1. The molecule has 0 aromatic heterocycles. The maximum Gasteiger partial charge on any atom is 0.326 e. The van der Waals surface area contributed by atoms with Crippen LogP contribution >= 0.6 is 11.8 Å². The van der Waals surface area contributed by atoms with Gasteiger partial charge in [0.15, 0.2) is 18.1 Å². The van der Waals surface area contributed by atoms with Crippen molar-refractivity contribution in [1.82, 2.24) is 4.90 Å². The quantitative estimate of drug-likeness (QED) is 0.486. The third-order valence-corrected chi connectivity index (χ3v) is 4.42. The second kappa shape index (κ2) is 9.66. The highest BCUT2D eigenvalue weighted by atomic mass is 32.2. The zero-order valence-corrected chi connectivity index (χ0v) is 18.0. The Labute approximate surface area is 178 Å². The summed E-state index contributed by atoms with van der Waals surface area (Å²) < 4.78 is 16.0. The normalized spacial score (nSPS) is 15.5. The zero-order valence-electron chi connectivity index (χ0n) is 17.2. The van der Waals surface area contributed by atoms with Gasteiger partial charge in [0.05, 0.1) is 11.5 Å². The first-order chi connectivity index (χ1) is 14.0. The highest BCUT2D eigenvalue weighted by Gasteiger charge is 2.37. The fourth-order valence-corrected chi connectivity index (χ4v) is 3.28. The van der Waals surface area contributed by atoms with E-state index in [2.05, 4.69) is 0 Å². The first-order valence-electron chi connectivity index (χ1n) is 9.15. The molecule has 2 N–H and O–H groups in total. The third kappa shape index (κ3) is 6.51. The molecule has 1 aliphatic rings. The van der Waals surface area contributed by atoms with E-state index >= 15 is 0 Å². The summed E-state index contributed by atoms with van der Waals surface area (Å²) in [5.74, 6) is -1.19. The van der Waals surface area contributed by atoms with Crippen molar-refractivity contribution in [1.29, 1.82) is 0 Å². The van der Waals surface area contributed by atoms with Crippen LogP contribution in [0.1, 0.15) is 33.3 Å². The average Bonchev–Trinajstić information content (AvgIpc) is 2.87. The van der Waals surface area contributed by atoms with Gasteiger partial charge >= 0.3 is 5.97 Å². The van der Waals surface area contributed by atoms with E-state index in [1.54, 1.807) is 45.9 Å². The molecule has 0 aliphatic carbocycles. The first-order valence-corrected chi connectivity index (χ1v) is 9.97. The number of nitrogens with two attached hydrogens (primary N) is 1. The maximum absolute atomic E-state index is 12.6. The lowest BCUT2D eigenvalue weighted by Gasteiger charge is -2.21. The molecule has 0 radical (unpaired) electrons. The summed E-state index contributed by atoms with van der Waals surface area (Å²) in [4.78, 5) is 48.7. The number of amides is 3. The number of imide groups is 1. The summed E-state index contributed by atoms with van der Waals surface area (Å²) >= 11 is 0.732. The van der Waals surface area contributed by atoms with Crippen molar-refractivity contribution in [2.45, 2.75) is 33.3 Å². The molecule has 9 nitrogen and oxygen atoms in total. The highest BCUT2D eigenvalue weighted by Crippen LogP contribution is 2.34. The minimum absolute atomic E-state index is 0.164. The first kappa shape index (κ1) is 23.3. The molecule has 162 valence electrons. The molecule has 1 aliphatic heterocycles. The Bertz CT molecular complexity index is 890. The van der Waals surface area contributed by atoms with Crippen LogP contribution in [0.25, 0.3) is 6.08 Å². The van der Waals surface area contributed by atoms with E-state index in [1.165, 1.54) is 6.08 Å². The monoisotopic (exact) mass is 436 g/mol. The van der Waals surface area contributed by atoms with E-state index in [0.717, 1.165) is 16.7 Å². The number of hydrogen-bond donors (Lipinski definition) is 1. The molecule has 1 heterocycles. The van der Waals surface area contributed by atoms with Gasteiger partial charge in [0.2, 0.25) is 0 Å². The Morgan fingerprint density at radius 3 is 2.47 bits per heavy atom. The minimum atomic E-state index is -0.720. The molecule has 3 amide bonds. The number of carbonyl (C=O) groups excluding carboxylic acids is 4. The summed E-state index contributed by atoms with van der Waals surface area (Å²) in [5, 5.41) is -0.552. The summed E-state index contributed by atoms with van der Waals surface area (Å²) in [6.45, 7) is 6.48. The molecule has 1 fully saturated rings. The average molecular weight is 436 g/mol. The summed E-state index contributed by atoms with van der Waals surface area (Å²) in [5.41, 5.74) is 4.95. The van der Waals surface area contributed by atoms with Crippen LogP contribution in [0.2, 0.25) is 0 Å². The van der Waals surface area contributed by atoms with Crippen molar-refractivity contribution in [3.63, 3.8) is 0 Å². The van der Waals surface area contributed by atoms with Crippen LogP contribution in [0.4, 0.5) is 4.79 Å². The van der Waals surface area contributed by atoms with Gasteiger partial charge in [0.1, 0.15) is 12.1 Å². The van der Waals surface area contributed by atoms with Gasteiger partial charge in [-0.25, -0.2) is 0 Å². The summed E-state index contributed by atoms with van der Waals surface area (Å²) in [6.07, 6.45) is 1.51. The SMILES string of the molecule is CCOc1cc(/C=C2\SC(=O)N(CC(=O)OC(C)(C)C)C2=O)ccc1OCC(N)=O. The van der Waals surface area contributed by atoms with Gasteiger partial charge in [-0.2, -0.15) is 0 Å². The largest absolute Gasteiger partial charge is 0.490 e. The lowest BCUT2D eigenvalue weighted by atomic mass is 10.2. The van der Waals surface area contributed by atoms with E-state index < -0.39 is 35.2 Å². The van der Waals surface area contributed by atoms with Crippen LogP contribution in [-0.4, -0.2) is 53.3 Å². The zero-order chi connectivity index (χ0) is 22.5.